The summed E-state index contributed by atoms with van der Waals surface area (Å²) in [7, 11) is 0. The Morgan fingerprint density at radius 2 is 1.46 bits per heavy atom. The summed E-state index contributed by atoms with van der Waals surface area (Å²) in [6, 6.07) is 0. The molecule has 0 aliphatic carbocycles. The SMILES string of the molecule is CC(=O)OC[C@H]1O[C@@H](Nc2ncc(C(=O)C(C)(C)C)s2)[C@@H](OC(C)=O)[C@@H](OC(C)=O)[C@@H]1OC(C)=O. The van der Waals surface area contributed by atoms with Crippen molar-refractivity contribution in [3.05, 3.63) is 11.1 Å². The van der Waals surface area contributed by atoms with Gasteiger partial charge in [-0.3, -0.25) is 24.0 Å². The molecule has 1 N–H and O–H groups in total. The van der Waals surface area contributed by atoms with E-state index < -0.39 is 59.9 Å². The molecular weight excluding hydrogens is 484 g/mol. The number of esters is 4. The van der Waals surface area contributed by atoms with Crippen LogP contribution in [-0.2, 0) is 42.9 Å². The summed E-state index contributed by atoms with van der Waals surface area (Å²) < 4.78 is 27.1. The van der Waals surface area contributed by atoms with E-state index in [-0.39, 0.29) is 17.5 Å². The van der Waals surface area contributed by atoms with Gasteiger partial charge in [0.15, 0.2) is 35.5 Å². The van der Waals surface area contributed by atoms with Gasteiger partial charge in [0.1, 0.15) is 12.7 Å². The minimum Gasteiger partial charge on any atom is -0.463 e. The van der Waals surface area contributed by atoms with Gasteiger partial charge in [-0.15, -0.1) is 0 Å². The van der Waals surface area contributed by atoms with Crippen LogP contribution in [0.4, 0.5) is 5.13 Å². The number of aromatic nitrogens is 1. The van der Waals surface area contributed by atoms with Crippen LogP contribution in [-0.4, -0.2) is 71.9 Å². The topological polar surface area (TPSA) is 156 Å². The Morgan fingerprint density at radius 3 is 1.97 bits per heavy atom. The third-order valence-corrected chi connectivity index (χ3v) is 5.59. The van der Waals surface area contributed by atoms with Gasteiger partial charge >= 0.3 is 23.9 Å². The minimum atomic E-state index is -1.30. The van der Waals surface area contributed by atoms with E-state index in [1.54, 1.807) is 20.8 Å². The van der Waals surface area contributed by atoms with Gasteiger partial charge in [-0.2, -0.15) is 0 Å². The number of carbonyl (C=O) groups excluding carboxylic acids is 5. The zero-order chi connectivity index (χ0) is 26.5. The van der Waals surface area contributed by atoms with Crippen LogP contribution < -0.4 is 5.32 Å². The molecular formula is C22H30N2O10S. The van der Waals surface area contributed by atoms with Crippen molar-refractivity contribution in [1.29, 1.82) is 0 Å². The molecule has 35 heavy (non-hydrogen) atoms. The molecule has 1 aliphatic rings. The third-order valence-electron chi connectivity index (χ3n) is 4.67. The zero-order valence-electron chi connectivity index (χ0n) is 20.6. The highest BCUT2D eigenvalue weighted by Gasteiger charge is 2.52. The van der Waals surface area contributed by atoms with Crippen LogP contribution in [0, 0.1) is 5.41 Å². The maximum Gasteiger partial charge on any atom is 0.303 e. The Balaban J connectivity index is 2.44. The zero-order valence-corrected chi connectivity index (χ0v) is 21.4. The maximum absolute atomic E-state index is 12.6. The van der Waals surface area contributed by atoms with Crippen LogP contribution >= 0.6 is 11.3 Å². The van der Waals surface area contributed by atoms with E-state index in [0.717, 1.165) is 32.1 Å². The van der Waals surface area contributed by atoms with Gasteiger partial charge in [0.2, 0.25) is 0 Å². The van der Waals surface area contributed by atoms with Crippen molar-refractivity contribution in [2.45, 2.75) is 79.1 Å². The largest absolute Gasteiger partial charge is 0.463 e. The van der Waals surface area contributed by atoms with E-state index in [1.165, 1.54) is 13.1 Å². The number of ketones is 1. The first kappa shape index (κ1) is 28.2. The summed E-state index contributed by atoms with van der Waals surface area (Å²) in [6.45, 7) is 9.61. The van der Waals surface area contributed by atoms with Crippen LogP contribution in [0.5, 0.6) is 0 Å². The number of thiazole rings is 1. The smallest absolute Gasteiger partial charge is 0.303 e. The summed E-state index contributed by atoms with van der Waals surface area (Å²) in [5.74, 6) is -2.91. The molecule has 1 aliphatic heterocycles. The number of rotatable bonds is 8. The average molecular weight is 515 g/mol. The fourth-order valence-corrected chi connectivity index (χ4v) is 4.27. The van der Waals surface area contributed by atoms with Gasteiger partial charge in [-0.25, -0.2) is 4.98 Å². The normalized spacial score (nSPS) is 24.1. The summed E-state index contributed by atoms with van der Waals surface area (Å²) in [4.78, 5) is 64.2. The predicted octanol–water partition coefficient (Wildman–Crippen LogP) is 1.87. The van der Waals surface area contributed by atoms with E-state index in [9.17, 15) is 24.0 Å². The first-order valence-corrected chi connectivity index (χ1v) is 11.6. The van der Waals surface area contributed by atoms with Gasteiger partial charge in [0.05, 0.1) is 11.1 Å². The first-order valence-electron chi connectivity index (χ1n) is 10.8. The number of hydrogen-bond acceptors (Lipinski definition) is 13. The molecule has 1 fully saturated rings. The first-order chi connectivity index (χ1) is 16.2. The molecule has 12 nitrogen and oxygen atoms in total. The Labute approximate surface area is 206 Å². The molecule has 194 valence electrons. The third kappa shape index (κ3) is 7.99. The molecule has 0 radical (unpaired) electrons. The number of anilines is 1. The molecule has 0 saturated carbocycles. The standard InChI is InChI=1S/C22H30N2O10S/c1-10(25)30-9-14-16(31-11(2)26)17(32-12(3)27)18(33-13(4)28)20(34-14)24-21-23-8-15(35-21)19(29)22(5,6)7/h8,14,16-18,20H,9H2,1-7H3,(H,23,24)/t14-,16-,17+,18+,20-/m1/s1. The summed E-state index contributed by atoms with van der Waals surface area (Å²) in [5, 5.41) is 3.20. The summed E-state index contributed by atoms with van der Waals surface area (Å²) in [6.07, 6.45) is -4.69. The maximum atomic E-state index is 12.6. The van der Waals surface area contributed by atoms with Crippen molar-refractivity contribution in [3.8, 4) is 0 Å². The molecule has 2 heterocycles. The molecule has 0 unspecified atom stereocenters. The molecule has 13 heteroatoms. The highest BCUT2D eigenvalue weighted by atomic mass is 32.1. The van der Waals surface area contributed by atoms with Gasteiger partial charge in [0, 0.05) is 33.1 Å². The van der Waals surface area contributed by atoms with E-state index in [4.69, 9.17) is 23.7 Å². The number of nitrogens with zero attached hydrogens (tertiary/aromatic N) is 1. The summed E-state index contributed by atoms with van der Waals surface area (Å²) >= 11 is 1.06. The Kier molecular flexibility index (Phi) is 9.32. The second-order valence-electron chi connectivity index (χ2n) is 8.87. The van der Waals surface area contributed by atoms with E-state index in [0.29, 0.717) is 4.88 Å². The minimum absolute atomic E-state index is 0.121. The Morgan fingerprint density at radius 1 is 0.914 bits per heavy atom. The van der Waals surface area contributed by atoms with E-state index in [1.807, 2.05) is 0 Å². The molecule has 5 atom stereocenters. The van der Waals surface area contributed by atoms with Crippen LogP contribution in [0.3, 0.4) is 0 Å². The lowest BCUT2D eigenvalue weighted by Crippen LogP contribution is -2.64. The number of nitrogens with one attached hydrogen (secondary N) is 1. The quantitative estimate of drug-likeness (QED) is 0.306. The summed E-state index contributed by atoms with van der Waals surface area (Å²) in [5.41, 5.74) is -0.627. The molecule has 0 bridgehead atoms. The Bertz CT molecular complexity index is 970. The van der Waals surface area contributed by atoms with Gasteiger partial charge in [-0.05, 0) is 0 Å². The second kappa shape index (κ2) is 11.6. The molecule has 0 spiro atoms. The van der Waals surface area contributed by atoms with Gasteiger partial charge in [-0.1, -0.05) is 32.1 Å². The van der Waals surface area contributed by atoms with E-state index in [2.05, 4.69) is 10.3 Å². The van der Waals surface area contributed by atoms with Crippen molar-refractivity contribution in [1.82, 2.24) is 4.98 Å². The van der Waals surface area contributed by atoms with Crippen molar-refractivity contribution >= 4 is 46.1 Å². The molecule has 1 aromatic rings. The number of hydrogen-bond donors (Lipinski definition) is 1. The van der Waals surface area contributed by atoms with Crippen LogP contribution in [0.1, 0.15) is 58.1 Å². The lowest BCUT2D eigenvalue weighted by atomic mass is 9.90. The fourth-order valence-electron chi connectivity index (χ4n) is 3.28. The van der Waals surface area contributed by atoms with Crippen molar-refractivity contribution in [3.63, 3.8) is 0 Å². The molecule has 0 amide bonds. The van der Waals surface area contributed by atoms with Crippen LogP contribution in [0.15, 0.2) is 6.20 Å². The number of Topliss-reactive ketones (excluding diaryl/α,β-unsaturated/α-hetero) is 1. The lowest BCUT2D eigenvalue weighted by molar-refractivity contribution is -0.247. The van der Waals surface area contributed by atoms with Crippen LogP contribution in [0.2, 0.25) is 0 Å². The molecule has 1 saturated heterocycles. The van der Waals surface area contributed by atoms with E-state index >= 15 is 0 Å². The lowest BCUT2D eigenvalue weighted by Gasteiger charge is -2.44. The number of carbonyl (C=O) groups is 5. The van der Waals surface area contributed by atoms with Crippen molar-refractivity contribution in [2.75, 3.05) is 11.9 Å². The highest BCUT2D eigenvalue weighted by Crippen LogP contribution is 2.32. The molecule has 0 aromatic carbocycles. The monoisotopic (exact) mass is 514 g/mol. The average Bonchev–Trinajstić information content (AvgIpc) is 3.17. The van der Waals surface area contributed by atoms with Crippen LogP contribution in [0.25, 0.3) is 0 Å². The van der Waals surface area contributed by atoms with Gasteiger partial charge < -0.3 is 29.0 Å². The van der Waals surface area contributed by atoms with Gasteiger partial charge in [0.25, 0.3) is 0 Å². The highest BCUT2D eigenvalue weighted by molar-refractivity contribution is 7.17. The molecule has 1 aromatic heterocycles. The molecule has 2 rings (SSSR count). The number of ether oxygens (including phenoxy) is 5. The predicted molar refractivity (Wildman–Crippen MR) is 121 cm³/mol. The Hall–Kier alpha value is -3.06. The van der Waals surface area contributed by atoms with Crippen molar-refractivity contribution < 1.29 is 47.7 Å². The van der Waals surface area contributed by atoms with Crippen molar-refractivity contribution in [2.24, 2.45) is 5.41 Å². The second-order valence-corrected chi connectivity index (χ2v) is 9.90. The fraction of sp³-hybridized carbons (Fsp3) is 0.636.